The summed E-state index contributed by atoms with van der Waals surface area (Å²) in [4.78, 5) is 4.44. The summed E-state index contributed by atoms with van der Waals surface area (Å²) in [7, 11) is 0. The number of aliphatic hydroxyl groups is 1. The number of hydrogen-bond donors (Lipinski definition) is 1. The molecular weight excluding hydrogens is 262 g/mol. The Morgan fingerprint density at radius 2 is 2.19 bits per heavy atom. The number of hydrogen-bond acceptors (Lipinski definition) is 3. The highest BCUT2D eigenvalue weighted by Crippen LogP contribution is 2.39. The Hall–Kier alpha value is -1.68. The predicted molar refractivity (Wildman–Crippen MR) is 82.2 cm³/mol. The van der Waals surface area contributed by atoms with Gasteiger partial charge in [0, 0.05) is 18.4 Å². The number of rotatable bonds is 5. The monoisotopic (exact) mass is 285 g/mol. The molecule has 112 valence electrons. The van der Waals surface area contributed by atoms with Crippen molar-refractivity contribution >= 4 is 0 Å². The van der Waals surface area contributed by atoms with Gasteiger partial charge in [-0.25, -0.2) is 4.98 Å². The molecule has 1 aromatic carbocycles. The number of aryl methyl sites for hydroxylation is 2. The van der Waals surface area contributed by atoms with Crippen molar-refractivity contribution in [2.75, 3.05) is 6.61 Å². The van der Waals surface area contributed by atoms with Crippen LogP contribution in [0.5, 0.6) is 0 Å². The Balaban J connectivity index is 1.96. The Morgan fingerprint density at radius 1 is 1.33 bits per heavy atom. The number of nitrogens with zero attached hydrogens (tertiary/aromatic N) is 3. The second-order valence-electron chi connectivity index (χ2n) is 6.03. The van der Waals surface area contributed by atoms with Crippen molar-refractivity contribution in [2.45, 2.75) is 51.0 Å². The molecule has 1 aromatic heterocycles. The van der Waals surface area contributed by atoms with E-state index in [1.165, 1.54) is 11.1 Å². The van der Waals surface area contributed by atoms with E-state index >= 15 is 0 Å². The van der Waals surface area contributed by atoms with Gasteiger partial charge in [-0.15, -0.1) is 0 Å². The molecule has 1 N–H and O–H groups in total. The summed E-state index contributed by atoms with van der Waals surface area (Å²) in [6.07, 6.45) is 6.68. The lowest BCUT2D eigenvalue weighted by Gasteiger charge is -2.37. The molecule has 0 bridgehead atoms. The minimum atomic E-state index is -0.201. The Kier molecular flexibility index (Phi) is 4.06. The van der Waals surface area contributed by atoms with Gasteiger partial charge in [-0.1, -0.05) is 31.2 Å². The van der Waals surface area contributed by atoms with Crippen LogP contribution in [0.3, 0.4) is 0 Å². The third kappa shape index (κ3) is 2.60. The first kappa shape index (κ1) is 14.3. The fraction of sp³-hybridized carbons (Fsp3) is 0.529. The van der Waals surface area contributed by atoms with Crippen LogP contribution >= 0.6 is 0 Å². The van der Waals surface area contributed by atoms with Crippen LogP contribution in [0.4, 0.5) is 0 Å². The summed E-state index contributed by atoms with van der Waals surface area (Å²) in [6.45, 7) is 3.20. The van der Waals surface area contributed by atoms with Crippen LogP contribution in [0.25, 0.3) is 0 Å². The maximum absolute atomic E-state index is 10.2. The molecule has 4 heteroatoms. The zero-order chi connectivity index (χ0) is 14.7. The van der Waals surface area contributed by atoms with E-state index in [9.17, 15) is 5.11 Å². The molecule has 1 aliphatic carbocycles. The first-order valence-electron chi connectivity index (χ1n) is 7.85. The van der Waals surface area contributed by atoms with Gasteiger partial charge >= 0.3 is 0 Å². The largest absolute Gasteiger partial charge is 0.395 e. The normalized spacial score (nSPS) is 21.2. The molecule has 2 aromatic rings. The third-order valence-corrected chi connectivity index (χ3v) is 4.62. The molecule has 0 radical (unpaired) electrons. The number of aliphatic hydroxyl groups excluding tert-OH is 1. The van der Waals surface area contributed by atoms with E-state index in [0.29, 0.717) is 0 Å². The first-order valence-corrected chi connectivity index (χ1v) is 7.85. The minimum Gasteiger partial charge on any atom is -0.395 e. The summed E-state index contributed by atoms with van der Waals surface area (Å²) >= 11 is 0. The summed E-state index contributed by atoms with van der Waals surface area (Å²) in [5.41, 5.74) is 2.47. The van der Waals surface area contributed by atoms with E-state index in [0.717, 1.165) is 44.5 Å². The van der Waals surface area contributed by atoms with E-state index in [1.807, 2.05) is 4.68 Å². The molecule has 0 fully saturated rings. The molecule has 1 unspecified atom stereocenters. The standard InChI is InChI=1S/C17H23N3O/c1-2-10-20-16(18-13-19-20)11-17(12-21)9-5-7-14-6-3-4-8-15(14)17/h3-4,6,8,13,21H,2,5,7,9-12H2,1H3. The van der Waals surface area contributed by atoms with Gasteiger partial charge in [0.15, 0.2) is 0 Å². The third-order valence-electron chi connectivity index (χ3n) is 4.62. The summed E-state index contributed by atoms with van der Waals surface area (Å²) < 4.78 is 1.98. The molecule has 3 rings (SSSR count). The van der Waals surface area contributed by atoms with Crippen molar-refractivity contribution in [1.29, 1.82) is 0 Å². The topological polar surface area (TPSA) is 50.9 Å². The van der Waals surface area contributed by atoms with Crippen LogP contribution in [0.2, 0.25) is 0 Å². The van der Waals surface area contributed by atoms with E-state index in [1.54, 1.807) is 6.33 Å². The highest BCUT2D eigenvalue weighted by Gasteiger charge is 2.37. The fourth-order valence-corrected chi connectivity index (χ4v) is 3.54. The minimum absolute atomic E-state index is 0.170. The van der Waals surface area contributed by atoms with Gasteiger partial charge in [0.25, 0.3) is 0 Å². The lowest BCUT2D eigenvalue weighted by atomic mass is 9.68. The van der Waals surface area contributed by atoms with Gasteiger partial charge in [-0.2, -0.15) is 5.10 Å². The second kappa shape index (κ2) is 5.98. The molecule has 0 saturated carbocycles. The Labute approximate surface area is 125 Å². The van der Waals surface area contributed by atoms with Crippen molar-refractivity contribution in [2.24, 2.45) is 0 Å². The zero-order valence-corrected chi connectivity index (χ0v) is 12.6. The number of aromatic nitrogens is 3. The number of benzene rings is 1. The highest BCUT2D eigenvalue weighted by atomic mass is 16.3. The lowest BCUT2D eigenvalue weighted by molar-refractivity contribution is 0.169. The first-order chi connectivity index (χ1) is 10.3. The average Bonchev–Trinajstić information content (AvgIpc) is 2.95. The maximum Gasteiger partial charge on any atom is 0.138 e. The van der Waals surface area contributed by atoms with Gasteiger partial charge in [0.2, 0.25) is 0 Å². The zero-order valence-electron chi connectivity index (χ0n) is 12.6. The molecule has 4 nitrogen and oxygen atoms in total. The van der Waals surface area contributed by atoms with Crippen LogP contribution in [0.15, 0.2) is 30.6 Å². The average molecular weight is 285 g/mol. The molecule has 0 saturated heterocycles. The van der Waals surface area contributed by atoms with Crippen LogP contribution in [0, 0.1) is 0 Å². The van der Waals surface area contributed by atoms with Crippen molar-refractivity contribution in [3.8, 4) is 0 Å². The van der Waals surface area contributed by atoms with Gasteiger partial charge < -0.3 is 5.11 Å². The van der Waals surface area contributed by atoms with Crippen LogP contribution in [-0.2, 0) is 24.8 Å². The van der Waals surface area contributed by atoms with Crippen molar-refractivity contribution in [1.82, 2.24) is 14.8 Å². The Morgan fingerprint density at radius 3 is 3.00 bits per heavy atom. The number of fused-ring (bicyclic) bond motifs is 1. The molecule has 0 amide bonds. The van der Waals surface area contributed by atoms with E-state index in [4.69, 9.17) is 0 Å². The molecule has 1 heterocycles. The summed E-state index contributed by atoms with van der Waals surface area (Å²) in [5, 5.41) is 14.5. The summed E-state index contributed by atoms with van der Waals surface area (Å²) in [6, 6.07) is 8.53. The maximum atomic E-state index is 10.2. The quantitative estimate of drug-likeness (QED) is 0.918. The molecular formula is C17H23N3O. The SMILES string of the molecule is CCCn1ncnc1CC1(CO)CCCc2ccccc21. The predicted octanol–water partition coefficient (Wildman–Crippen LogP) is 2.50. The van der Waals surface area contributed by atoms with E-state index in [2.05, 4.69) is 41.3 Å². The van der Waals surface area contributed by atoms with Gasteiger partial charge in [-0.3, -0.25) is 4.68 Å². The lowest BCUT2D eigenvalue weighted by Crippen LogP contribution is -2.38. The highest BCUT2D eigenvalue weighted by molar-refractivity contribution is 5.37. The van der Waals surface area contributed by atoms with Crippen molar-refractivity contribution in [3.05, 3.63) is 47.5 Å². The van der Waals surface area contributed by atoms with Crippen LogP contribution in [-0.4, -0.2) is 26.5 Å². The molecule has 1 atom stereocenters. The summed E-state index contributed by atoms with van der Waals surface area (Å²) in [5.74, 6) is 0.989. The molecule has 21 heavy (non-hydrogen) atoms. The van der Waals surface area contributed by atoms with Gasteiger partial charge in [-0.05, 0) is 36.8 Å². The molecule has 1 aliphatic rings. The smallest absolute Gasteiger partial charge is 0.138 e. The molecule has 0 aliphatic heterocycles. The fourth-order valence-electron chi connectivity index (χ4n) is 3.54. The van der Waals surface area contributed by atoms with E-state index < -0.39 is 0 Å². The molecule has 0 spiro atoms. The van der Waals surface area contributed by atoms with Gasteiger partial charge in [0.1, 0.15) is 12.2 Å². The second-order valence-corrected chi connectivity index (χ2v) is 6.03. The van der Waals surface area contributed by atoms with Crippen molar-refractivity contribution in [3.63, 3.8) is 0 Å². The van der Waals surface area contributed by atoms with E-state index in [-0.39, 0.29) is 12.0 Å². The van der Waals surface area contributed by atoms with Crippen LogP contribution in [0.1, 0.15) is 43.1 Å². The Bertz CT molecular complexity index is 608. The van der Waals surface area contributed by atoms with Crippen molar-refractivity contribution < 1.29 is 5.11 Å². The van der Waals surface area contributed by atoms with Gasteiger partial charge in [0.05, 0.1) is 6.61 Å². The van der Waals surface area contributed by atoms with Crippen LogP contribution < -0.4 is 0 Å².